The Morgan fingerprint density at radius 3 is 2.75 bits per heavy atom. The van der Waals surface area contributed by atoms with Crippen LogP contribution in [-0.4, -0.2) is 30.4 Å². The van der Waals surface area contributed by atoms with Gasteiger partial charge in [-0.15, -0.1) is 0 Å². The number of phenolic OH excluding ortho intramolecular Hbond substituents is 1. The third-order valence-electron chi connectivity index (χ3n) is 3.09. The third-order valence-corrected chi connectivity index (χ3v) is 3.09. The highest BCUT2D eigenvalue weighted by Gasteiger charge is 2.02. The quantitative estimate of drug-likeness (QED) is 0.514. The Hall–Kier alpha value is -3.02. The molecule has 0 aliphatic carbocycles. The highest BCUT2D eigenvalue weighted by molar-refractivity contribution is 5.86. The Bertz CT molecular complexity index is 687. The lowest BCUT2D eigenvalue weighted by molar-refractivity contribution is -0.119. The zero-order valence-electron chi connectivity index (χ0n) is 13.5. The number of phenols is 1. The molecule has 2 aromatic rings. The highest BCUT2D eigenvalue weighted by Crippen LogP contribution is 2.22. The third kappa shape index (κ3) is 5.64. The first-order chi connectivity index (χ1) is 11.7. The molecule has 0 saturated heterocycles. The predicted octanol–water partition coefficient (Wildman–Crippen LogP) is 2.74. The van der Waals surface area contributed by atoms with Crippen LogP contribution in [0.25, 0.3) is 0 Å². The average Bonchev–Trinajstić information content (AvgIpc) is 2.60. The van der Waals surface area contributed by atoms with E-state index in [0.717, 1.165) is 12.1 Å². The Morgan fingerprint density at radius 1 is 1.25 bits per heavy atom. The van der Waals surface area contributed by atoms with Crippen LogP contribution in [-0.2, 0) is 4.79 Å². The number of ether oxygens (including phenoxy) is 1. The van der Waals surface area contributed by atoms with Crippen molar-refractivity contribution in [1.29, 1.82) is 0 Å². The maximum absolute atomic E-state index is 11.7. The summed E-state index contributed by atoms with van der Waals surface area (Å²) in [6.07, 6.45) is 2.28. The second-order valence-corrected chi connectivity index (χ2v) is 5.08. The van der Waals surface area contributed by atoms with Crippen LogP contribution in [0.4, 0.5) is 5.69 Å². The van der Waals surface area contributed by atoms with Crippen molar-refractivity contribution >= 4 is 17.8 Å². The lowest BCUT2D eigenvalue weighted by Crippen LogP contribution is -2.25. The van der Waals surface area contributed by atoms with Crippen molar-refractivity contribution in [2.45, 2.75) is 13.3 Å². The number of nitrogens with one attached hydrogen (secondary N) is 2. The van der Waals surface area contributed by atoms with E-state index >= 15 is 0 Å². The maximum Gasteiger partial charge on any atom is 0.259 e. The SMILES string of the molecule is CCCOc1ccc(/C=N/NC(=O)CNc2ccccc2)c(O)c1. The van der Waals surface area contributed by atoms with E-state index in [1.807, 2.05) is 37.3 Å². The van der Waals surface area contributed by atoms with Gasteiger partial charge in [-0.1, -0.05) is 25.1 Å². The van der Waals surface area contributed by atoms with Gasteiger partial charge in [-0.25, -0.2) is 5.43 Å². The van der Waals surface area contributed by atoms with Gasteiger partial charge < -0.3 is 15.2 Å². The molecule has 6 nitrogen and oxygen atoms in total. The zero-order chi connectivity index (χ0) is 17.2. The minimum absolute atomic E-state index is 0.0454. The van der Waals surface area contributed by atoms with E-state index in [9.17, 15) is 9.90 Å². The fraction of sp³-hybridized carbons (Fsp3) is 0.222. The molecule has 0 unspecified atom stereocenters. The number of carbonyl (C=O) groups is 1. The molecule has 0 saturated carbocycles. The molecule has 3 N–H and O–H groups in total. The van der Waals surface area contributed by atoms with Gasteiger partial charge in [0.2, 0.25) is 0 Å². The lowest BCUT2D eigenvalue weighted by atomic mass is 10.2. The molecule has 0 bridgehead atoms. The summed E-state index contributed by atoms with van der Waals surface area (Å²) in [5, 5.41) is 16.7. The number of hydrogen-bond acceptors (Lipinski definition) is 5. The van der Waals surface area contributed by atoms with Crippen LogP contribution >= 0.6 is 0 Å². The summed E-state index contributed by atoms with van der Waals surface area (Å²) in [4.78, 5) is 11.7. The zero-order valence-corrected chi connectivity index (χ0v) is 13.5. The number of rotatable bonds is 8. The Labute approximate surface area is 141 Å². The molecule has 0 heterocycles. The number of hydrogen-bond donors (Lipinski definition) is 3. The van der Waals surface area contributed by atoms with E-state index in [1.165, 1.54) is 12.3 Å². The molecular weight excluding hydrogens is 306 g/mol. The number of para-hydroxylation sites is 1. The van der Waals surface area contributed by atoms with Gasteiger partial charge in [0.1, 0.15) is 11.5 Å². The minimum atomic E-state index is -0.280. The average molecular weight is 327 g/mol. The van der Waals surface area contributed by atoms with Gasteiger partial charge in [0, 0.05) is 17.3 Å². The summed E-state index contributed by atoms with van der Waals surface area (Å²) in [5.41, 5.74) is 3.76. The van der Waals surface area contributed by atoms with Crippen molar-refractivity contribution in [3.05, 3.63) is 54.1 Å². The molecule has 1 amide bonds. The molecule has 0 atom stereocenters. The Morgan fingerprint density at radius 2 is 2.04 bits per heavy atom. The molecule has 0 aliphatic rings. The normalized spacial score (nSPS) is 10.5. The van der Waals surface area contributed by atoms with Crippen molar-refractivity contribution in [2.75, 3.05) is 18.5 Å². The lowest BCUT2D eigenvalue weighted by Gasteiger charge is -2.06. The van der Waals surface area contributed by atoms with Crippen molar-refractivity contribution in [3.63, 3.8) is 0 Å². The fourth-order valence-corrected chi connectivity index (χ4v) is 1.89. The van der Waals surface area contributed by atoms with Crippen molar-refractivity contribution < 1.29 is 14.6 Å². The molecule has 0 fully saturated rings. The van der Waals surface area contributed by atoms with Gasteiger partial charge >= 0.3 is 0 Å². The van der Waals surface area contributed by atoms with Crippen molar-refractivity contribution in [1.82, 2.24) is 5.43 Å². The van der Waals surface area contributed by atoms with Crippen molar-refractivity contribution in [2.24, 2.45) is 5.10 Å². The monoisotopic (exact) mass is 327 g/mol. The van der Waals surface area contributed by atoms with Gasteiger partial charge in [-0.2, -0.15) is 5.10 Å². The summed E-state index contributed by atoms with van der Waals surface area (Å²) in [6.45, 7) is 2.71. The molecule has 24 heavy (non-hydrogen) atoms. The molecule has 0 aromatic heterocycles. The molecule has 2 aromatic carbocycles. The van der Waals surface area contributed by atoms with Crippen molar-refractivity contribution in [3.8, 4) is 11.5 Å². The molecule has 6 heteroatoms. The Balaban J connectivity index is 1.81. The molecule has 0 aliphatic heterocycles. The van der Waals surface area contributed by atoms with Gasteiger partial charge in [0.05, 0.1) is 19.4 Å². The van der Waals surface area contributed by atoms with E-state index in [2.05, 4.69) is 15.8 Å². The summed E-state index contributed by atoms with van der Waals surface area (Å²) in [7, 11) is 0. The van der Waals surface area contributed by atoms with Gasteiger partial charge in [0.15, 0.2) is 0 Å². The summed E-state index contributed by atoms with van der Waals surface area (Å²) in [5.74, 6) is 0.365. The highest BCUT2D eigenvalue weighted by atomic mass is 16.5. The largest absolute Gasteiger partial charge is 0.507 e. The number of benzene rings is 2. The summed E-state index contributed by atoms with van der Waals surface area (Å²) >= 11 is 0. The number of nitrogens with zero attached hydrogens (tertiary/aromatic N) is 1. The van der Waals surface area contributed by atoms with Crippen LogP contribution in [0.3, 0.4) is 0 Å². The molecule has 2 rings (SSSR count). The van der Waals surface area contributed by atoms with Crippen LogP contribution < -0.4 is 15.5 Å². The van der Waals surface area contributed by atoms with Crippen LogP contribution in [0.1, 0.15) is 18.9 Å². The second-order valence-electron chi connectivity index (χ2n) is 5.08. The number of anilines is 1. The number of aromatic hydroxyl groups is 1. The van der Waals surface area contributed by atoms with Gasteiger partial charge in [-0.05, 0) is 30.7 Å². The first-order valence-corrected chi connectivity index (χ1v) is 7.75. The van der Waals surface area contributed by atoms with Crippen LogP contribution in [0.15, 0.2) is 53.6 Å². The topological polar surface area (TPSA) is 83.0 Å². The number of carbonyl (C=O) groups excluding carboxylic acids is 1. The first-order valence-electron chi connectivity index (χ1n) is 7.75. The number of hydrazone groups is 1. The minimum Gasteiger partial charge on any atom is -0.507 e. The smallest absolute Gasteiger partial charge is 0.259 e. The molecule has 0 spiro atoms. The predicted molar refractivity (Wildman–Crippen MR) is 94.6 cm³/mol. The standard InChI is InChI=1S/C18H21N3O3/c1-2-10-24-16-9-8-14(17(22)11-16)12-20-21-18(23)13-19-15-6-4-3-5-7-15/h3-9,11-12,19,22H,2,10,13H2,1H3,(H,21,23)/b20-12+. The number of amides is 1. The molecule has 0 radical (unpaired) electrons. The van der Waals surface area contributed by atoms with Crippen LogP contribution in [0.5, 0.6) is 11.5 Å². The summed E-state index contributed by atoms with van der Waals surface area (Å²) < 4.78 is 5.43. The first kappa shape index (κ1) is 17.3. The van der Waals surface area contributed by atoms with Gasteiger partial charge in [0.25, 0.3) is 5.91 Å². The Kier molecular flexibility index (Phi) is 6.64. The summed E-state index contributed by atoms with van der Waals surface area (Å²) in [6, 6.07) is 14.4. The molecule has 126 valence electrons. The molecular formula is C18H21N3O3. The van der Waals surface area contributed by atoms with Crippen LogP contribution in [0, 0.1) is 0 Å². The van der Waals surface area contributed by atoms with E-state index in [-0.39, 0.29) is 18.2 Å². The van der Waals surface area contributed by atoms with E-state index in [1.54, 1.807) is 12.1 Å². The maximum atomic E-state index is 11.7. The van der Waals surface area contributed by atoms with E-state index < -0.39 is 0 Å². The van der Waals surface area contributed by atoms with Crippen LogP contribution in [0.2, 0.25) is 0 Å². The van der Waals surface area contributed by atoms with E-state index in [4.69, 9.17) is 4.74 Å². The second kappa shape index (κ2) is 9.19. The van der Waals surface area contributed by atoms with E-state index in [0.29, 0.717) is 17.9 Å². The van der Waals surface area contributed by atoms with Gasteiger partial charge in [-0.3, -0.25) is 4.79 Å². The fourth-order valence-electron chi connectivity index (χ4n) is 1.89.